The van der Waals surface area contributed by atoms with Crippen LogP contribution in [0.1, 0.15) is 20.8 Å². The van der Waals surface area contributed by atoms with Gasteiger partial charge in [0, 0.05) is 29.7 Å². The number of aromatic amines is 1. The molecular weight excluding hydrogens is 1000 g/mol. The Morgan fingerprint density at radius 1 is 0.657 bits per heavy atom. The maximum absolute atomic E-state index is 13.6. The topological polar surface area (TPSA) is 472 Å². The number of benzene rings is 5. The number of carboxylic acids is 2. The number of H-pyrrole nitrogens is 1. The number of azo groups is 3. The molecule has 33 heteroatoms. The molecule has 5 aromatic carbocycles. The molecule has 70 heavy (non-hydrogen) atoms. The van der Waals surface area contributed by atoms with Gasteiger partial charge in [0.15, 0.2) is 17.1 Å². The number of aromatic hydroxyl groups is 1. The molecule has 0 bridgehead atoms. The molecule has 0 aliphatic carbocycles. The SMILES string of the molecule is O=C(O)c1cc(S(=O)(=O)O)ccc1N=Nc1c(C(=O)O)[nH]n(-c2ccc3cc(S(=O)(=O)O)c(N=Nc4cc(OCCO)c(N=Nc5ccc([N+](=O)[O-])cc5S(=O)(=O)O)cc4OCCO)c(O)c3c2)c1=O. The number of aromatic carboxylic acids is 2. The third kappa shape index (κ3) is 11.1. The summed E-state index contributed by atoms with van der Waals surface area (Å²) in [4.78, 5) is 45.1. The summed E-state index contributed by atoms with van der Waals surface area (Å²) >= 11 is 0. The molecule has 0 aliphatic heterocycles. The van der Waals surface area contributed by atoms with Crippen LogP contribution in [0, 0.1) is 10.1 Å². The van der Waals surface area contributed by atoms with Crippen LogP contribution in [0.3, 0.4) is 0 Å². The Kier molecular flexibility index (Phi) is 14.6. The molecule has 1 aromatic heterocycles. The highest BCUT2D eigenvalue weighted by Crippen LogP contribution is 2.45. The maximum Gasteiger partial charge on any atom is 0.356 e. The fourth-order valence-electron chi connectivity index (χ4n) is 6.01. The van der Waals surface area contributed by atoms with Gasteiger partial charge in [-0.3, -0.25) is 33.7 Å². The van der Waals surface area contributed by atoms with Gasteiger partial charge in [0.05, 0.1) is 34.3 Å². The van der Waals surface area contributed by atoms with Crippen LogP contribution in [-0.4, -0.2) is 118 Å². The number of nitro groups is 1. The number of aromatic nitrogens is 2. The number of carboxylic acid groups (broad SMARTS) is 2. The van der Waals surface area contributed by atoms with E-state index in [9.17, 15) is 88.9 Å². The predicted octanol–water partition coefficient (Wildman–Crippen LogP) is 5.06. The molecule has 0 fully saturated rings. The van der Waals surface area contributed by atoms with E-state index in [-0.39, 0.29) is 33.6 Å². The first kappa shape index (κ1) is 51.0. The van der Waals surface area contributed by atoms with E-state index in [1.165, 1.54) is 0 Å². The first-order chi connectivity index (χ1) is 32.8. The largest absolute Gasteiger partial charge is 0.505 e. The monoisotopic (exact) mass is 1030 g/mol. The molecule has 0 aliphatic rings. The van der Waals surface area contributed by atoms with Gasteiger partial charge in [-0.2, -0.15) is 25.3 Å². The second-order valence-corrected chi connectivity index (χ2v) is 17.8. The number of nitrogens with zero attached hydrogens (tertiary/aromatic N) is 8. The highest BCUT2D eigenvalue weighted by atomic mass is 32.2. The molecule has 9 N–H and O–H groups in total. The Bertz CT molecular complexity index is 3650. The van der Waals surface area contributed by atoms with Gasteiger partial charge < -0.3 is 35.0 Å². The minimum atomic E-state index is -5.27. The summed E-state index contributed by atoms with van der Waals surface area (Å²) in [6.45, 7) is -2.11. The van der Waals surface area contributed by atoms with E-state index in [4.69, 9.17) is 9.47 Å². The Morgan fingerprint density at radius 3 is 1.76 bits per heavy atom. The number of carbonyl (C=O) groups is 2. The van der Waals surface area contributed by atoms with Gasteiger partial charge >= 0.3 is 11.9 Å². The van der Waals surface area contributed by atoms with Crippen LogP contribution in [0.25, 0.3) is 16.5 Å². The summed E-state index contributed by atoms with van der Waals surface area (Å²) in [5.41, 5.74) is -7.74. The van der Waals surface area contributed by atoms with Crippen LogP contribution in [0.4, 0.5) is 39.8 Å². The molecule has 0 unspecified atom stereocenters. The number of aliphatic hydroxyl groups is 2. The van der Waals surface area contributed by atoms with Crippen molar-refractivity contribution in [2.75, 3.05) is 26.4 Å². The molecule has 0 spiro atoms. The second-order valence-electron chi connectivity index (χ2n) is 13.6. The smallest absolute Gasteiger partial charge is 0.356 e. The van der Waals surface area contributed by atoms with Crippen LogP contribution < -0.4 is 15.0 Å². The van der Waals surface area contributed by atoms with E-state index in [1.807, 2.05) is 0 Å². The number of nitro benzene ring substituents is 1. The number of ether oxygens (including phenoxy) is 2. The fraction of sp³-hybridized carbons (Fsp3) is 0.108. The normalized spacial score (nSPS) is 12.4. The van der Waals surface area contributed by atoms with Crippen molar-refractivity contribution in [3.05, 3.63) is 105 Å². The standard InChI is InChI=1S/C37H29N9O21S3/c47-7-9-66-27-16-26(28(67-10-8-48)15-25(27)40-39-24-5-3-19(46(55)56)13-29(24)69(60,61)62)41-42-31-30(70(63,64)65)11-17-1-2-18(12-21(17)34(31)49)45-35(50)32(33(44-45)37(53)54)43-38-23-6-4-20(68(57,58)59)14-22(23)36(51)52/h1-6,11-16,44,47-49H,7-10H2,(H,51,52)(H,53,54)(H,57,58,59)(H,60,61,62)(H,63,64,65). The zero-order valence-corrected chi connectivity index (χ0v) is 36.9. The van der Waals surface area contributed by atoms with Crippen molar-refractivity contribution in [3.8, 4) is 22.9 Å². The molecule has 1 heterocycles. The van der Waals surface area contributed by atoms with Gasteiger partial charge in [0.2, 0.25) is 0 Å². The number of nitrogens with one attached hydrogen (secondary N) is 1. The Balaban J connectivity index is 1.47. The van der Waals surface area contributed by atoms with Gasteiger partial charge in [0.25, 0.3) is 41.6 Å². The molecule has 366 valence electrons. The number of phenolic OH excluding ortho intramolecular Hbond substituents is 1. The summed E-state index contributed by atoms with van der Waals surface area (Å²) in [6.07, 6.45) is 0. The summed E-state index contributed by atoms with van der Waals surface area (Å²) in [5.74, 6) is -5.23. The molecule has 6 aromatic rings. The van der Waals surface area contributed by atoms with Gasteiger partial charge in [0.1, 0.15) is 62.9 Å². The highest BCUT2D eigenvalue weighted by Gasteiger charge is 2.26. The Labute approximate surface area is 389 Å². The number of fused-ring (bicyclic) bond motifs is 1. The van der Waals surface area contributed by atoms with Crippen molar-refractivity contribution in [2.45, 2.75) is 14.7 Å². The van der Waals surface area contributed by atoms with Gasteiger partial charge in [-0.1, -0.05) is 6.07 Å². The summed E-state index contributed by atoms with van der Waals surface area (Å²) in [7, 11) is -15.3. The molecule has 0 amide bonds. The number of rotatable bonds is 19. The maximum atomic E-state index is 13.6. The van der Waals surface area contributed by atoms with E-state index in [2.05, 4.69) is 35.8 Å². The average molecular weight is 1030 g/mol. The number of hydrogen-bond acceptors (Lipinski definition) is 22. The minimum absolute atomic E-state index is 0.133. The Morgan fingerprint density at radius 2 is 1.21 bits per heavy atom. The first-order valence-corrected chi connectivity index (χ1v) is 23.0. The van der Waals surface area contributed by atoms with Crippen molar-refractivity contribution in [2.24, 2.45) is 30.7 Å². The minimum Gasteiger partial charge on any atom is -0.505 e. The molecular formula is C37H29N9O21S3. The average Bonchev–Trinajstić information content (AvgIpc) is 3.63. The molecule has 6 rings (SSSR count). The Hall–Kier alpha value is -8.44. The lowest BCUT2D eigenvalue weighted by molar-refractivity contribution is -0.385. The molecule has 30 nitrogen and oxygen atoms in total. The summed E-state index contributed by atoms with van der Waals surface area (Å²) in [5, 5.41) is 85.7. The van der Waals surface area contributed by atoms with Crippen molar-refractivity contribution in [1.82, 2.24) is 9.78 Å². The van der Waals surface area contributed by atoms with Gasteiger partial charge in [-0.25, -0.2) is 14.3 Å². The lowest BCUT2D eigenvalue weighted by Gasteiger charge is -2.13. The van der Waals surface area contributed by atoms with E-state index in [0.29, 0.717) is 16.8 Å². The van der Waals surface area contributed by atoms with Crippen LogP contribution in [-0.2, 0) is 30.4 Å². The van der Waals surface area contributed by atoms with Gasteiger partial charge in [-0.15, -0.1) is 30.7 Å². The van der Waals surface area contributed by atoms with Gasteiger partial charge in [-0.05, 0) is 47.9 Å². The molecule has 0 saturated heterocycles. The fourth-order valence-corrected chi connectivity index (χ4v) is 7.81. The highest BCUT2D eigenvalue weighted by molar-refractivity contribution is 7.86. The van der Waals surface area contributed by atoms with E-state index < -0.39 is 145 Å². The van der Waals surface area contributed by atoms with Crippen LogP contribution in [0.15, 0.2) is 123 Å². The third-order valence-corrected chi connectivity index (χ3v) is 11.7. The second kappa shape index (κ2) is 20.0. The van der Waals surface area contributed by atoms with Crippen LogP contribution in [0.2, 0.25) is 0 Å². The van der Waals surface area contributed by atoms with Crippen molar-refractivity contribution >= 4 is 92.9 Å². The van der Waals surface area contributed by atoms with Crippen LogP contribution >= 0.6 is 0 Å². The summed E-state index contributed by atoms with van der Waals surface area (Å²) in [6, 6.07) is 10.4. The third-order valence-electron chi connectivity index (χ3n) is 9.10. The zero-order chi connectivity index (χ0) is 51.5. The molecule has 0 radical (unpaired) electrons. The quantitative estimate of drug-likeness (QED) is 0.0221. The predicted molar refractivity (Wildman–Crippen MR) is 233 cm³/mol. The van der Waals surface area contributed by atoms with Crippen molar-refractivity contribution < 1.29 is 88.4 Å². The number of aliphatic hydroxyl groups excluding tert-OH is 2. The van der Waals surface area contributed by atoms with E-state index >= 15 is 0 Å². The zero-order valence-electron chi connectivity index (χ0n) is 34.4. The first-order valence-electron chi connectivity index (χ1n) is 18.7. The van der Waals surface area contributed by atoms with Crippen molar-refractivity contribution in [1.29, 1.82) is 0 Å². The number of hydrogen-bond donors (Lipinski definition) is 9. The van der Waals surface area contributed by atoms with Crippen LogP contribution in [0.5, 0.6) is 17.2 Å². The lowest BCUT2D eigenvalue weighted by Crippen LogP contribution is -2.14. The lowest BCUT2D eigenvalue weighted by atomic mass is 10.1. The van der Waals surface area contributed by atoms with E-state index in [0.717, 1.165) is 60.7 Å². The molecule has 0 atom stereocenters. The number of phenols is 1. The molecule has 0 saturated carbocycles. The van der Waals surface area contributed by atoms with E-state index in [1.54, 1.807) is 0 Å². The summed E-state index contributed by atoms with van der Waals surface area (Å²) < 4.78 is 113. The van der Waals surface area contributed by atoms with Crippen molar-refractivity contribution in [3.63, 3.8) is 0 Å². The number of non-ortho nitro benzene ring substituents is 1.